The Bertz CT molecular complexity index is 529. The molecule has 0 aliphatic rings. The highest BCUT2D eigenvalue weighted by atomic mass is 19.4. The molecule has 0 N–H and O–H groups in total. The second-order valence-electron chi connectivity index (χ2n) is 4.24. The Balaban J connectivity index is 7.15. The molecular formula is C8F15O2-. The summed E-state index contributed by atoms with van der Waals surface area (Å²) in [5, 5.41) is 9.80. The van der Waals surface area contributed by atoms with Crippen LogP contribution >= 0.6 is 0 Å². The van der Waals surface area contributed by atoms with Gasteiger partial charge < -0.3 is 9.90 Å². The normalized spacial score (nSPS) is 18.0. The van der Waals surface area contributed by atoms with Crippen LogP contribution in [0.3, 0.4) is 0 Å². The second-order valence-corrected chi connectivity index (χ2v) is 4.24. The van der Waals surface area contributed by atoms with Gasteiger partial charge in [0, 0.05) is 0 Å². The van der Waals surface area contributed by atoms with E-state index in [2.05, 4.69) is 0 Å². The monoisotopic (exact) mass is 413 g/mol. The van der Waals surface area contributed by atoms with Gasteiger partial charge in [-0.1, -0.05) is 0 Å². The third-order valence-corrected chi connectivity index (χ3v) is 2.66. The molecule has 0 radical (unpaired) electrons. The molecule has 0 heterocycles. The molecule has 0 aromatic rings. The molecule has 0 bridgehead atoms. The van der Waals surface area contributed by atoms with Crippen molar-refractivity contribution in [3.8, 4) is 0 Å². The van der Waals surface area contributed by atoms with Crippen LogP contribution in [0.4, 0.5) is 65.9 Å². The molecule has 1 unspecified atom stereocenters. The summed E-state index contributed by atoms with van der Waals surface area (Å²) in [5.41, 5.74) is -8.62. The van der Waals surface area contributed by atoms with Crippen LogP contribution in [0.1, 0.15) is 0 Å². The average molecular weight is 413 g/mol. The molecule has 0 amide bonds. The Morgan fingerprint density at radius 3 is 1.00 bits per heavy atom. The number of hydrogen-bond acceptors (Lipinski definition) is 2. The first-order chi connectivity index (χ1) is 10.4. The van der Waals surface area contributed by atoms with E-state index in [4.69, 9.17) is 0 Å². The van der Waals surface area contributed by atoms with Crippen molar-refractivity contribution in [3.63, 3.8) is 0 Å². The fraction of sp³-hybridized carbons (Fsp3) is 0.875. The highest BCUT2D eigenvalue weighted by Crippen LogP contribution is 2.64. The fourth-order valence-electron chi connectivity index (χ4n) is 1.32. The number of carbonyl (C=O) groups is 1. The molecule has 150 valence electrons. The highest BCUT2D eigenvalue weighted by Gasteiger charge is 2.96. The number of aliphatic carboxylic acids is 1. The van der Waals surface area contributed by atoms with Gasteiger partial charge in [-0.2, -0.15) is 61.5 Å². The number of carbonyl (C=O) groups excluding carboxylic acids is 1. The Labute approximate surface area is 125 Å². The minimum atomic E-state index is -8.62. The van der Waals surface area contributed by atoms with E-state index in [1.54, 1.807) is 0 Å². The molecule has 0 aliphatic carbocycles. The van der Waals surface area contributed by atoms with Crippen LogP contribution in [0.15, 0.2) is 0 Å². The third kappa shape index (κ3) is 2.74. The number of alkyl halides is 15. The summed E-state index contributed by atoms with van der Waals surface area (Å²) in [6, 6.07) is 0. The first kappa shape index (κ1) is 23.4. The molecule has 17 heteroatoms. The number of hydrogen-bond donors (Lipinski definition) is 0. The summed E-state index contributed by atoms with van der Waals surface area (Å²) >= 11 is 0. The molecule has 0 aromatic carbocycles. The molecule has 0 saturated carbocycles. The van der Waals surface area contributed by atoms with Gasteiger partial charge in [-0.05, 0) is 0 Å². The SMILES string of the molecule is O=C([O-])C(F)(F)C(F)(C(F)(F)C(F)(F)F)C(F)(F)C(F)(F)C(F)(F)F. The van der Waals surface area contributed by atoms with Gasteiger partial charge in [0.1, 0.15) is 5.97 Å². The zero-order valence-corrected chi connectivity index (χ0v) is 10.5. The van der Waals surface area contributed by atoms with E-state index in [-0.39, 0.29) is 0 Å². The minimum absolute atomic E-state index is 4.84. The van der Waals surface area contributed by atoms with Gasteiger partial charge in [-0.3, -0.25) is 0 Å². The first-order valence-electron chi connectivity index (χ1n) is 4.99. The molecule has 0 saturated heterocycles. The lowest BCUT2D eigenvalue weighted by atomic mass is 9.80. The molecule has 1 atom stereocenters. The van der Waals surface area contributed by atoms with Crippen molar-refractivity contribution in [1.29, 1.82) is 0 Å². The standard InChI is InChI=1S/C8HF15O2/c9-2(10,1(24)25)3(11,5(14,15)7(18,19)20)4(12,13)6(16,17)8(21,22)23/h(H,24,25)/p-1. The summed E-state index contributed by atoms with van der Waals surface area (Å²) in [6.07, 6.45) is -15.8. The van der Waals surface area contributed by atoms with Crippen LogP contribution in [0.25, 0.3) is 0 Å². The maximum atomic E-state index is 13.5. The number of carboxylic acids is 1. The molecular weight excluding hydrogens is 413 g/mol. The lowest BCUT2D eigenvalue weighted by Gasteiger charge is -2.45. The molecule has 25 heavy (non-hydrogen) atoms. The topological polar surface area (TPSA) is 40.1 Å². The van der Waals surface area contributed by atoms with Crippen molar-refractivity contribution in [2.75, 3.05) is 0 Å². The first-order valence-corrected chi connectivity index (χ1v) is 4.99. The summed E-state index contributed by atoms with van der Waals surface area (Å²) < 4.78 is 187. The number of carboxylic acid groups (broad SMARTS) is 1. The molecule has 0 aromatic heterocycles. The maximum absolute atomic E-state index is 13.5. The zero-order valence-electron chi connectivity index (χ0n) is 10.5. The van der Waals surface area contributed by atoms with Crippen LogP contribution in [0.5, 0.6) is 0 Å². The van der Waals surface area contributed by atoms with Gasteiger partial charge >= 0.3 is 41.7 Å². The van der Waals surface area contributed by atoms with E-state index in [1.165, 1.54) is 0 Å². The van der Waals surface area contributed by atoms with Gasteiger partial charge in [0.25, 0.3) is 0 Å². The zero-order chi connectivity index (χ0) is 21.1. The summed E-state index contributed by atoms with van der Waals surface area (Å²) in [5.74, 6) is -38.0. The lowest BCUT2D eigenvalue weighted by Crippen LogP contribution is -2.79. The van der Waals surface area contributed by atoms with E-state index in [0.29, 0.717) is 0 Å². The van der Waals surface area contributed by atoms with Crippen molar-refractivity contribution in [2.45, 2.75) is 41.7 Å². The number of halogens is 15. The fourth-order valence-corrected chi connectivity index (χ4v) is 1.32. The Morgan fingerprint density at radius 1 is 0.520 bits per heavy atom. The van der Waals surface area contributed by atoms with Crippen LogP contribution in [0, 0.1) is 0 Å². The van der Waals surface area contributed by atoms with Crippen molar-refractivity contribution in [3.05, 3.63) is 0 Å². The van der Waals surface area contributed by atoms with Gasteiger partial charge in [-0.25, -0.2) is 4.39 Å². The van der Waals surface area contributed by atoms with Crippen LogP contribution in [-0.4, -0.2) is 47.7 Å². The maximum Gasteiger partial charge on any atom is 0.460 e. The summed E-state index contributed by atoms with van der Waals surface area (Å²) in [6.45, 7) is 0. The highest BCUT2D eigenvalue weighted by molar-refractivity contribution is 5.76. The largest absolute Gasteiger partial charge is 0.544 e. The van der Waals surface area contributed by atoms with E-state index < -0.39 is 47.7 Å². The Hall–Kier alpha value is -1.58. The predicted molar refractivity (Wildman–Crippen MR) is 40.7 cm³/mol. The Kier molecular flexibility index (Phi) is 5.11. The minimum Gasteiger partial charge on any atom is -0.544 e. The molecule has 2 nitrogen and oxygen atoms in total. The summed E-state index contributed by atoms with van der Waals surface area (Å²) in [4.78, 5) is 9.80. The van der Waals surface area contributed by atoms with Crippen molar-refractivity contribution >= 4 is 5.97 Å². The molecule has 0 aliphatic heterocycles. The van der Waals surface area contributed by atoms with Crippen LogP contribution < -0.4 is 5.11 Å². The van der Waals surface area contributed by atoms with E-state index in [1.807, 2.05) is 0 Å². The van der Waals surface area contributed by atoms with Crippen LogP contribution in [-0.2, 0) is 4.79 Å². The van der Waals surface area contributed by atoms with Crippen molar-refractivity contribution in [1.82, 2.24) is 0 Å². The second kappa shape index (κ2) is 5.46. The number of rotatable bonds is 5. The van der Waals surface area contributed by atoms with Crippen LogP contribution in [0.2, 0.25) is 0 Å². The molecule has 0 spiro atoms. The van der Waals surface area contributed by atoms with E-state index in [9.17, 15) is 75.8 Å². The summed E-state index contributed by atoms with van der Waals surface area (Å²) in [7, 11) is 0. The van der Waals surface area contributed by atoms with Gasteiger partial charge in [0.2, 0.25) is 0 Å². The lowest BCUT2D eigenvalue weighted by molar-refractivity contribution is -0.457. The van der Waals surface area contributed by atoms with Gasteiger partial charge in [0.05, 0.1) is 0 Å². The quantitative estimate of drug-likeness (QED) is 0.651. The molecule has 0 fully saturated rings. The van der Waals surface area contributed by atoms with Gasteiger partial charge in [-0.15, -0.1) is 0 Å². The Morgan fingerprint density at radius 2 is 0.800 bits per heavy atom. The predicted octanol–water partition coefficient (Wildman–Crippen LogP) is 3.11. The smallest absolute Gasteiger partial charge is 0.460 e. The van der Waals surface area contributed by atoms with Crippen molar-refractivity contribution in [2.24, 2.45) is 0 Å². The molecule has 0 rings (SSSR count). The van der Waals surface area contributed by atoms with E-state index in [0.717, 1.165) is 0 Å². The third-order valence-electron chi connectivity index (χ3n) is 2.66. The van der Waals surface area contributed by atoms with Gasteiger partial charge in [0.15, 0.2) is 0 Å². The van der Waals surface area contributed by atoms with Crippen molar-refractivity contribution < 1.29 is 75.8 Å². The van der Waals surface area contributed by atoms with E-state index >= 15 is 0 Å². The average Bonchev–Trinajstić information content (AvgIpc) is 2.33.